The van der Waals surface area contributed by atoms with Gasteiger partial charge in [0.25, 0.3) is 5.91 Å². The lowest BCUT2D eigenvalue weighted by atomic mass is 9.82. The van der Waals surface area contributed by atoms with Crippen LogP contribution in [0.4, 0.5) is 0 Å². The number of likely N-dealkylation sites (tertiary alicyclic amines) is 1. The van der Waals surface area contributed by atoms with Gasteiger partial charge in [0.05, 0.1) is 24.2 Å². The lowest BCUT2D eigenvalue weighted by molar-refractivity contribution is -0.144. The molecule has 2 rings (SSSR count). The fraction of sp³-hybridized carbons (Fsp3) is 0.545. The number of benzene rings is 1. The van der Waals surface area contributed by atoms with Gasteiger partial charge >= 0.3 is 5.97 Å². The van der Waals surface area contributed by atoms with Gasteiger partial charge in [0, 0.05) is 31.1 Å². The number of hydrogen-bond donors (Lipinski definition) is 1. The van der Waals surface area contributed by atoms with Gasteiger partial charge in [-0.05, 0) is 63.8 Å². The fourth-order valence-electron chi connectivity index (χ4n) is 3.41. The molecule has 1 aromatic rings. The van der Waals surface area contributed by atoms with Crippen LogP contribution in [0.15, 0.2) is 24.3 Å². The van der Waals surface area contributed by atoms with Crippen molar-refractivity contribution in [3.05, 3.63) is 35.4 Å². The van der Waals surface area contributed by atoms with Gasteiger partial charge in [-0.15, -0.1) is 0 Å². The van der Waals surface area contributed by atoms with Gasteiger partial charge in [-0.25, -0.2) is 0 Å². The normalized spacial score (nSPS) is 15.9. The topological polar surface area (TPSA) is 99.5 Å². The monoisotopic (exact) mass is 399 g/mol. The highest BCUT2D eigenvalue weighted by Gasteiger charge is 2.39. The first-order valence-electron chi connectivity index (χ1n) is 9.86. The number of nitrogens with zero attached hydrogens (tertiary/aromatic N) is 2. The van der Waals surface area contributed by atoms with Crippen molar-refractivity contribution in [3.63, 3.8) is 0 Å². The molecular weight excluding hydrogens is 370 g/mol. The van der Waals surface area contributed by atoms with Crippen LogP contribution < -0.4 is 5.32 Å². The second kappa shape index (κ2) is 9.55. The molecule has 1 atom stereocenters. The summed E-state index contributed by atoms with van der Waals surface area (Å²) in [6, 6.07) is 8.02. The molecule has 0 radical (unpaired) electrons. The molecule has 1 heterocycles. The summed E-state index contributed by atoms with van der Waals surface area (Å²) in [6.07, 6.45) is 1.92. The smallest absolute Gasteiger partial charge is 0.305 e. The number of carbonyl (C=O) groups excluding carboxylic acids is 3. The zero-order valence-electron chi connectivity index (χ0n) is 17.5. The minimum Gasteiger partial charge on any atom is -0.469 e. The molecular formula is C22H29N3O4. The SMILES string of the molecule is COC(=O)CC1CCN(C(=O)C(C)(C)C(C)NC(=O)c2ccc(C#N)cc2)CC1. The summed E-state index contributed by atoms with van der Waals surface area (Å²) in [5, 5.41) is 11.8. The Labute approximate surface area is 172 Å². The maximum Gasteiger partial charge on any atom is 0.305 e. The second-order valence-electron chi connectivity index (χ2n) is 8.12. The van der Waals surface area contributed by atoms with E-state index in [1.807, 2.05) is 31.7 Å². The van der Waals surface area contributed by atoms with Crippen LogP contribution in [0, 0.1) is 22.7 Å². The molecule has 0 spiro atoms. The van der Waals surface area contributed by atoms with E-state index in [0.717, 1.165) is 12.8 Å². The Balaban J connectivity index is 1.94. The molecule has 0 bridgehead atoms. The first kappa shape index (κ1) is 22.4. The highest BCUT2D eigenvalue weighted by atomic mass is 16.5. The number of piperidine rings is 1. The van der Waals surface area contributed by atoms with E-state index in [4.69, 9.17) is 10.00 Å². The molecule has 7 nitrogen and oxygen atoms in total. The third-order valence-corrected chi connectivity index (χ3v) is 5.84. The molecule has 1 aliphatic heterocycles. The number of rotatable bonds is 6. The maximum absolute atomic E-state index is 13.1. The van der Waals surface area contributed by atoms with E-state index in [-0.39, 0.29) is 29.7 Å². The van der Waals surface area contributed by atoms with Crippen LogP contribution in [0.1, 0.15) is 56.0 Å². The first-order chi connectivity index (χ1) is 13.7. The Hall–Kier alpha value is -2.88. The van der Waals surface area contributed by atoms with E-state index >= 15 is 0 Å². The van der Waals surface area contributed by atoms with Crippen molar-refractivity contribution < 1.29 is 19.1 Å². The second-order valence-corrected chi connectivity index (χ2v) is 8.12. The van der Waals surface area contributed by atoms with Crippen LogP contribution in [0.2, 0.25) is 0 Å². The third kappa shape index (κ3) is 5.57. The maximum atomic E-state index is 13.1. The standard InChI is InChI=1S/C22H29N3O4/c1-15(24-20(27)18-7-5-17(14-23)6-8-18)22(2,3)21(28)25-11-9-16(10-12-25)13-19(26)29-4/h5-8,15-16H,9-13H2,1-4H3,(H,24,27). The molecule has 1 saturated heterocycles. The Morgan fingerprint density at radius 1 is 1.24 bits per heavy atom. The summed E-state index contributed by atoms with van der Waals surface area (Å²) in [5.74, 6) is -0.265. The highest BCUT2D eigenvalue weighted by Crippen LogP contribution is 2.28. The number of esters is 1. The van der Waals surface area contributed by atoms with Crippen LogP contribution in [-0.2, 0) is 14.3 Å². The molecule has 0 aliphatic carbocycles. The number of hydrogen-bond acceptors (Lipinski definition) is 5. The number of nitrogens with one attached hydrogen (secondary N) is 1. The summed E-state index contributed by atoms with van der Waals surface area (Å²) in [7, 11) is 1.39. The molecule has 156 valence electrons. The van der Waals surface area contributed by atoms with Crippen LogP contribution in [0.25, 0.3) is 0 Å². The van der Waals surface area contributed by atoms with Crippen LogP contribution in [0.5, 0.6) is 0 Å². The molecule has 1 N–H and O–H groups in total. The average Bonchev–Trinajstić information content (AvgIpc) is 2.73. The zero-order valence-corrected chi connectivity index (χ0v) is 17.5. The number of ether oxygens (including phenoxy) is 1. The van der Waals surface area contributed by atoms with Gasteiger partial charge in [0.1, 0.15) is 0 Å². The van der Waals surface area contributed by atoms with Crippen LogP contribution in [-0.4, -0.2) is 48.9 Å². The van der Waals surface area contributed by atoms with Gasteiger partial charge in [0.2, 0.25) is 5.91 Å². The summed E-state index contributed by atoms with van der Waals surface area (Å²) < 4.78 is 4.72. The summed E-state index contributed by atoms with van der Waals surface area (Å²) in [5.41, 5.74) is 0.153. The van der Waals surface area contributed by atoms with Crippen molar-refractivity contribution in [2.24, 2.45) is 11.3 Å². The Morgan fingerprint density at radius 3 is 2.34 bits per heavy atom. The third-order valence-electron chi connectivity index (χ3n) is 5.84. The van der Waals surface area contributed by atoms with E-state index < -0.39 is 5.41 Å². The van der Waals surface area contributed by atoms with Crippen molar-refractivity contribution in [1.82, 2.24) is 10.2 Å². The number of amides is 2. The lowest BCUT2D eigenvalue weighted by Gasteiger charge is -2.39. The molecule has 1 aromatic carbocycles. The van der Waals surface area contributed by atoms with Crippen molar-refractivity contribution in [3.8, 4) is 6.07 Å². The van der Waals surface area contributed by atoms with Gasteiger partial charge in [-0.1, -0.05) is 0 Å². The molecule has 2 amide bonds. The molecule has 1 unspecified atom stereocenters. The van der Waals surface area contributed by atoms with Crippen molar-refractivity contribution in [1.29, 1.82) is 5.26 Å². The molecule has 1 aliphatic rings. The Morgan fingerprint density at radius 2 is 1.83 bits per heavy atom. The van der Waals surface area contributed by atoms with Crippen molar-refractivity contribution in [2.45, 2.75) is 46.1 Å². The zero-order chi connectivity index (χ0) is 21.6. The summed E-state index contributed by atoms with van der Waals surface area (Å²) in [6.45, 7) is 6.68. The summed E-state index contributed by atoms with van der Waals surface area (Å²) in [4.78, 5) is 38.9. The van der Waals surface area contributed by atoms with E-state index in [1.54, 1.807) is 24.3 Å². The van der Waals surface area contributed by atoms with Gasteiger partial charge < -0.3 is 15.0 Å². The fourth-order valence-corrected chi connectivity index (χ4v) is 3.41. The molecule has 0 aromatic heterocycles. The van der Waals surface area contributed by atoms with Gasteiger partial charge in [-0.3, -0.25) is 14.4 Å². The Kier molecular flexibility index (Phi) is 7.38. The number of methoxy groups -OCH3 is 1. The molecule has 29 heavy (non-hydrogen) atoms. The van der Waals surface area contributed by atoms with E-state index in [0.29, 0.717) is 30.6 Å². The predicted molar refractivity (Wildman–Crippen MR) is 108 cm³/mol. The first-order valence-corrected chi connectivity index (χ1v) is 9.86. The van der Waals surface area contributed by atoms with Crippen LogP contribution in [0.3, 0.4) is 0 Å². The number of nitriles is 1. The molecule has 0 saturated carbocycles. The van der Waals surface area contributed by atoms with Crippen molar-refractivity contribution in [2.75, 3.05) is 20.2 Å². The quantitative estimate of drug-likeness (QED) is 0.741. The molecule has 1 fully saturated rings. The highest BCUT2D eigenvalue weighted by molar-refractivity contribution is 5.95. The van der Waals surface area contributed by atoms with Gasteiger partial charge in [0.15, 0.2) is 0 Å². The molecule has 7 heteroatoms. The minimum absolute atomic E-state index is 0.0124. The van der Waals surface area contributed by atoms with Crippen LogP contribution >= 0.6 is 0 Å². The minimum atomic E-state index is -0.780. The van der Waals surface area contributed by atoms with Gasteiger partial charge in [-0.2, -0.15) is 5.26 Å². The average molecular weight is 399 g/mol. The summed E-state index contributed by atoms with van der Waals surface area (Å²) >= 11 is 0. The lowest BCUT2D eigenvalue weighted by Crippen LogP contribution is -2.53. The van der Waals surface area contributed by atoms with E-state index in [1.165, 1.54) is 7.11 Å². The number of carbonyl (C=O) groups is 3. The van der Waals surface area contributed by atoms with E-state index in [9.17, 15) is 14.4 Å². The van der Waals surface area contributed by atoms with E-state index in [2.05, 4.69) is 5.32 Å². The Bertz CT molecular complexity index is 787. The predicted octanol–water partition coefficient (Wildman–Crippen LogP) is 2.50. The largest absolute Gasteiger partial charge is 0.469 e. The van der Waals surface area contributed by atoms with Crippen molar-refractivity contribution >= 4 is 17.8 Å².